The van der Waals surface area contributed by atoms with Gasteiger partial charge in [0.15, 0.2) is 0 Å². The molecule has 0 rings (SSSR count). The topological polar surface area (TPSA) is 0 Å². The Balaban J connectivity index is 4.58. The van der Waals surface area contributed by atoms with Crippen molar-refractivity contribution in [1.29, 1.82) is 0 Å². The molecule has 0 aromatic carbocycles. The molecule has 0 amide bonds. The summed E-state index contributed by atoms with van der Waals surface area (Å²) < 4.78 is 0. The van der Waals surface area contributed by atoms with Gasteiger partial charge < -0.3 is 0 Å². The van der Waals surface area contributed by atoms with Gasteiger partial charge in [0.25, 0.3) is 0 Å². The minimum atomic E-state index is 1.10. The summed E-state index contributed by atoms with van der Waals surface area (Å²) in [5, 5.41) is 0. The molecule has 0 nitrogen and oxygen atoms in total. The van der Waals surface area contributed by atoms with Crippen LogP contribution in [-0.4, -0.2) is 0 Å². The molecule has 0 fully saturated rings. The molecule has 0 saturated carbocycles. The van der Waals surface area contributed by atoms with E-state index in [0.29, 0.717) is 0 Å². The molecule has 0 spiro atoms. The highest BCUT2D eigenvalue weighted by Gasteiger charge is 1.86. The smallest absolute Gasteiger partial charge is 0.0239 e. The highest BCUT2D eigenvalue weighted by Crippen LogP contribution is 2.06. The molecule has 0 heteroatoms. The Morgan fingerprint density at radius 1 is 1.20 bits per heavy atom. The SMILES string of the molecule is C=CC(C=C)=C(C)C=CC. The summed E-state index contributed by atoms with van der Waals surface area (Å²) in [4.78, 5) is 0. The minimum Gasteiger partial charge on any atom is -0.0985 e. The maximum Gasteiger partial charge on any atom is -0.0239 e. The van der Waals surface area contributed by atoms with E-state index in [2.05, 4.69) is 13.2 Å². The maximum absolute atomic E-state index is 3.67. The highest BCUT2D eigenvalue weighted by molar-refractivity contribution is 5.37. The Morgan fingerprint density at radius 2 is 1.70 bits per heavy atom. The molecular formula is C10H14. The van der Waals surface area contributed by atoms with Gasteiger partial charge in [-0.15, -0.1) is 0 Å². The molecule has 10 heavy (non-hydrogen) atoms. The van der Waals surface area contributed by atoms with E-state index in [9.17, 15) is 0 Å². The van der Waals surface area contributed by atoms with E-state index in [1.807, 2.05) is 38.2 Å². The molecule has 0 bridgehead atoms. The monoisotopic (exact) mass is 134 g/mol. The molecule has 0 atom stereocenters. The molecule has 0 heterocycles. The molecule has 0 N–H and O–H groups in total. The molecular weight excluding hydrogens is 120 g/mol. The fourth-order valence-corrected chi connectivity index (χ4v) is 0.752. The second-order valence-corrected chi connectivity index (χ2v) is 2.05. The van der Waals surface area contributed by atoms with Crippen LogP contribution in [0.15, 0.2) is 48.6 Å². The molecule has 0 aromatic heterocycles. The fourth-order valence-electron chi connectivity index (χ4n) is 0.752. The number of hydrogen-bond acceptors (Lipinski definition) is 0. The normalized spacial score (nSPS) is 9.40. The Kier molecular flexibility index (Phi) is 4.30. The molecule has 0 saturated heterocycles. The van der Waals surface area contributed by atoms with Gasteiger partial charge in [-0.1, -0.05) is 37.5 Å². The van der Waals surface area contributed by atoms with E-state index >= 15 is 0 Å². The van der Waals surface area contributed by atoms with Crippen LogP contribution in [0.4, 0.5) is 0 Å². The van der Waals surface area contributed by atoms with Crippen molar-refractivity contribution in [2.24, 2.45) is 0 Å². The van der Waals surface area contributed by atoms with Crippen LogP contribution in [0.3, 0.4) is 0 Å². The zero-order chi connectivity index (χ0) is 7.98. The molecule has 0 aliphatic heterocycles. The van der Waals surface area contributed by atoms with Crippen LogP contribution in [-0.2, 0) is 0 Å². The number of hydrogen-bond donors (Lipinski definition) is 0. The van der Waals surface area contributed by atoms with Crippen molar-refractivity contribution in [1.82, 2.24) is 0 Å². The van der Waals surface area contributed by atoms with Crippen molar-refractivity contribution in [2.45, 2.75) is 13.8 Å². The maximum atomic E-state index is 3.67. The Bertz CT molecular complexity index is 170. The summed E-state index contributed by atoms with van der Waals surface area (Å²) in [7, 11) is 0. The molecule has 0 unspecified atom stereocenters. The Hall–Kier alpha value is -1.04. The summed E-state index contributed by atoms with van der Waals surface area (Å²) in [5.41, 5.74) is 2.30. The highest BCUT2D eigenvalue weighted by atomic mass is 13.9. The zero-order valence-electron chi connectivity index (χ0n) is 6.72. The summed E-state index contributed by atoms with van der Waals surface area (Å²) >= 11 is 0. The molecule has 0 aliphatic rings. The predicted molar refractivity (Wildman–Crippen MR) is 47.9 cm³/mol. The average Bonchev–Trinajstić information content (AvgIpc) is 1.91. The first-order valence-electron chi connectivity index (χ1n) is 3.34. The lowest BCUT2D eigenvalue weighted by Gasteiger charge is -1.95. The molecule has 0 aliphatic carbocycles. The van der Waals surface area contributed by atoms with Gasteiger partial charge in [0.05, 0.1) is 0 Å². The second-order valence-electron chi connectivity index (χ2n) is 2.05. The van der Waals surface area contributed by atoms with Gasteiger partial charge in [0.1, 0.15) is 0 Å². The number of rotatable bonds is 3. The van der Waals surface area contributed by atoms with E-state index in [1.54, 1.807) is 0 Å². The van der Waals surface area contributed by atoms with Gasteiger partial charge in [-0.2, -0.15) is 0 Å². The van der Waals surface area contributed by atoms with Gasteiger partial charge in [-0.3, -0.25) is 0 Å². The minimum absolute atomic E-state index is 1.10. The quantitative estimate of drug-likeness (QED) is 0.520. The lowest BCUT2D eigenvalue weighted by Crippen LogP contribution is -1.75. The van der Waals surface area contributed by atoms with Crippen molar-refractivity contribution < 1.29 is 0 Å². The van der Waals surface area contributed by atoms with Gasteiger partial charge in [0, 0.05) is 0 Å². The summed E-state index contributed by atoms with van der Waals surface area (Å²) in [5.74, 6) is 0. The third-order valence-electron chi connectivity index (χ3n) is 1.31. The standard InChI is InChI=1S/C10H14/c1-5-8-9(4)10(6-2)7-3/h5-8H,2-3H2,1,4H3. The average molecular weight is 134 g/mol. The Morgan fingerprint density at radius 3 is 2.00 bits per heavy atom. The predicted octanol–water partition coefficient (Wildman–Crippen LogP) is 3.25. The first kappa shape index (κ1) is 8.96. The molecule has 0 aromatic rings. The van der Waals surface area contributed by atoms with Crippen LogP contribution < -0.4 is 0 Å². The molecule has 54 valence electrons. The first-order chi connectivity index (χ1) is 4.76. The fraction of sp³-hybridized carbons (Fsp3) is 0.200. The van der Waals surface area contributed by atoms with Gasteiger partial charge >= 0.3 is 0 Å². The third kappa shape index (κ3) is 2.49. The van der Waals surface area contributed by atoms with E-state index in [-0.39, 0.29) is 0 Å². The van der Waals surface area contributed by atoms with Crippen LogP contribution in [0.5, 0.6) is 0 Å². The summed E-state index contributed by atoms with van der Waals surface area (Å²) in [6.45, 7) is 11.4. The Labute approximate surface area is 63.3 Å². The van der Waals surface area contributed by atoms with Crippen molar-refractivity contribution in [2.75, 3.05) is 0 Å². The van der Waals surface area contributed by atoms with Crippen LogP contribution in [0, 0.1) is 0 Å². The van der Waals surface area contributed by atoms with Crippen LogP contribution in [0.1, 0.15) is 13.8 Å². The van der Waals surface area contributed by atoms with Crippen molar-refractivity contribution in [3.8, 4) is 0 Å². The van der Waals surface area contributed by atoms with Crippen molar-refractivity contribution >= 4 is 0 Å². The summed E-state index contributed by atoms with van der Waals surface area (Å²) in [6, 6.07) is 0. The van der Waals surface area contributed by atoms with Crippen LogP contribution in [0.25, 0.3) is 0 Å². The second kappa shape index (κ2) is 4.80. The van der Waals surface area contributed by atoms with Crippen molar-refractivity contribution in [3.05, 3.63) is 48.6 Å². The summed E-state index contributed by atoms with van der Waals surface area (Å²) in [6.07, 6.45) is 7.66. The number of allylic oxidation sites excluding steroid dienone is 6. The molecule has 0 radical (unpaired) electrons. The van der Waals surface area contributed by atoms with Crippen molar-refractivity contribution in [3.63, 3.8) is 0 Å². The van der Waals surface area contributed by atoms with Gasteiger partial charge in [0.2, 0.25) is 0 Å². The largest absolute Gasteiger partial charge is 0.0985 e. The van der Waals surface area contributed by atoms with E-state index in [4.69, 9.17) is 0 Å². The van der Waals surface area contributed by atoms with Gasteiger partial charge in [-0.25, -0.2) is 0 Å². The van der Waals surface area contributed by atoms with Crippen LogP contribution >= 0.6 is 0 Å². The first-order valence-corrected chi connectivity index (χ1v) is 3.34. The van der Waals surface area contributed by atoms with E-state index in [1.165, 1.54) is 5.57 Å². The van der Waals surface area contributed by atoms with Gasteiger partial charge in [-0.05, 0) is 25.0 Å². The lowest BCUT2D eigenvalue weighted by atomic mass is 10.1. The van der Waals surface area contributed by atoms with Crippen LogP contribution in [0.2, 0.25) is 0 Å². The van der Waals surface area contributed by atoms with E-state index < -0.39 is 0 Å². The van der Waals surface area contributed by atoms with E-state index in [0.717, 1.165) is 5.57 Å². The lowest BCUT2D eigenvalue weighted by molar-refractivity contribution is 1.44. The zero-order valence-corrected chi connectivity index (χ0v) is 6.72. The third-order valence-corrected chi connectivity index (χ3v) is 1.31.